The number of nitrogens with one attached hydrogen (secondary N) is 1. The highest BCUT2D eigenvalue weighted by molar-refractivity contribution is 7.92. The number of sulfonamides is 1. The van der Waals surface area contributed by atoms with Crippen molar-refractivity contribution in [3.63, 3.8) is 0 Å². The molecule has 1 atom stereocenters. The Hall–Kier alpha value is -3.79. The zero-order valence-corrected chi connectivity index (χ0v) is 19.1. The molecule has 9 nitrogen and oxygen atoms in total. The first-order valence-electron chi connectivity index (χ1n) is 10.0. The Morgan fingerprint density at radius 1 is 1.09 bits per heavy atom. The second-order valence-corrected chi connectivity index (χ2v) is 9.18. The number of hydrazone groups is 1. The number of carbonyl (C=O) groups is 1. The van der Waals surface area contributed by atoms with E-state index in [0.717, 1.165) is 17.4 Å². The highest BCUT2D eigenvalue weighted by Crippen LogP contribution is 2.42. The van der Waals surface area contributed by atoms with Gasteiger partial charge in [-0.05, 0) is 35.9 Å². The zero-order valence-electron chi connectivity index (χ0n) is 18.3. The van der Waals surface area contributed by atoms with Crippen molar-refractivity contribution >= 4 is 27.3 Å². The smallest absolute Gasteiger partial charge is 0.310 e. The van der Waals surface area contributed by atoms with Crippen LogP contribution in [0.5, 0.6) is 11.5 Å². The van der Waals surface area contributed by atoms with Gasteiger partial charge < -0.3 is 13.9 Å². The summed E-state index contributed by atoms with van der Waals surface area (Å²) in [4.78, 5) is 13.2. The van der Waals surface area contributed by atoms with Gasteiger partial charge in [-0.1, -0.05) is 24.3 Å². The average molecular weight is 470 g/mol. The summed E-state index contributed by atoms with van der Waals surface area (Å²) in [5, 5.41) is 6.00. The largest absolute Gasteiger partial charge is 0.493 e. The minimum absolute atomic E-state index is 0.166. The fourth-order valence-corrected chi connectivity index (χ4v) is 4.31. The van der Waals surface area contributed by atoms with Gasteiger partial charge in [0.1, 0.15) is 0 Å². The van der Waals surface area contributed by atoms with E-state index < -0.39 is 16.1 Å². The lowest BCUT2D eigenvalue weighted by Crippen LogP contribution is -2.27. The predicted octanol–water partition coefficient (Wildman–Crippen LogP) is 3.66. The number of carbonyl (C=O) groups excluding carboxylic acids is 1. The third-order valence-electron chi connectivity index (χ3n) is 5.16. The van der Waals surface area contributed by atoms with E-state index in [1.165, 1.54) is 11.3 Å². The van der Waals surface area contributed by atoms with Gasteiger partial charge in [-0.3, -0.25) is 9.52 Å². The third-order valence-corrected chi connectivity index (χ3v) is 5.77. The molecule has 0 radical (unpaired) electrons. The molecule has 0 bridgehead atoms. The molecule has 1 N–H and O–H groups in total. The number of furan rings is 1. The summed E-state index contributed by atoms with van der Waals surface area (Å²) in [5.41, 5.74) is 2.60. The molecule has 0 spiro atoms. The van der Waals surface area contributed by atoms with Crippen molar-refractivity contribution in [1.29, 1.82) is 0 Å². The molecular weight excluding hydrogens is 446 g/mol. The molecule has 1 aliphatic heterocycles. The van der Waals surface area contributed by atoms with Gasteiger partial charge in [0.2, 0.25) is 10.0 Å². The second-order valence-electron chi connectivity index (χ2n) is 7.43. The molecule has 4 rings (SSSR count). The van der Waals surface area contributed by atoms with Crippen LogP contribution in [0.2, 0.25) is 0 Å². The van der Waals surface area contributed by atoms with Crippen LogP contribution < -0.4 is 14.2 Å². The number of rotatable bonds is 7. The lowest BCUT2D eigenvalue weighted by Gasteiger charge is -2.23. The Balaban J connectivity index is 1.72. The highest BCUT2D eigenvalue weighted by Gasteiger charge is 2.37. The minimum Gasteiger partial charge on any atom is -0.493 e. The monoisotopic (exact) mass is 469 g/mol. The molecule has 0 saturated heterocycles. The van der Waals surface area contributed by atoms with Crippen LogP contribution >= 0.6 is 0 Å². The van der Waals surface area contributed by atoms with E-state index in [-0.39, 0.29) is 11.7 Å². The summed E-state index contributed by atoms with van der Waals surface area (Å²) >= 11 is 0. The van der Waals surface area contributed by atoms with E-state index in [9.17, 15) is 13.2 Å². The van der Waals surface area contributed by atoms with Crippen molar-refractivity contribution < 1.29 is 27.1 Å². The number of nitrogens with zero attached hydrogens (tertiary/aromatic N) is 2. The van der Waals surface area contributed by atoms with Crippen LogP contribution in [0.25, 0.3) is 0 Å². The zero-order chi connectivity index (χ0) is 23.6. The Bertz CT molecular complexity index is 1280. The van der Waals surface area contributed by atoms with Crippen molar-refractivity contribution in [1.82, 2.24) is 5.01 Å². The summed E-state index contributed by atoms with van der Waals surface area (Å²) in [6.45, 7) is 0. The number of benzene rings is 2. The van der Waals surface area contributed by atoms with E-state index in [1.807, 2.05) is 12.1 Å². The lowest BCUT2D eigenvalue weighted by molar-refractivity contribution is 0.0676. The normalized spacial score (nSPS) is 15.8. The maximum absolute atomic E-state index is 13.2. The molecule has 0 fully saturated rings. The van der Waals surface area contributed by atoms with Gasteiger partial charge in [0.05, 0.1) is 38.5 Å². The van der Waals surface area contributed by atoms with Crippen LogP contribution in [-0.4, -0.2) is 45.5 Å². The number of hydrogen-bond donors (Lipinski definition) is 1. The molecule has 1 unspecified atom stereocenters. The van der Waals surface area contributed by atoms with Crippen molar-refractivity contribution in [2.24, 2.45) is 5.10 Å². The Morgan fingerprint density at radius 3 is 2.45 bits per heavy atom. The first kappa shape index (κ1) is 22.4. The molecule has 10 heteroatoms. The molecule has 1 aromatic heterocycles. The van der Waals surface area contributed by atoms with E-state index >= 15 is 0 Å². The first-order valence-corrected chi connectivity index (χ1v) is 11.9. The van der Waals surface area contributed by atoms with Gasteiger partial charge in [0.25, 0.3) is 0 Å². The number of methoxy groups -OCH3 is 2. The average Bonchev–Trinajstić information content (AvgIpc) is 3.48. The molecule has 0 saturated carbocycles. The van der Waals surface area contributed by atoms with Crippen LogP contribution in [0.4, 0.5) is 5.69 Å². The summed E-state index contributed by atoms with van der Waals surface area (Å²) in [6, 6.07) is 15.1. The van der Waals surface area contributed by atoms with Crippen LogP contribution in [0.1, 0.15) is 34.1 Å². The fourth-order valence-electron chi connectivity index (χ4n) is 3.75. The second kappa shape index (κ2) is 8.99. The van der Waals surface area contributed by atoms with Crippen LogP contribution in [0, 0.1) is 0 Å². The maximum Gasteiger partial charge on any atom is 0.310 e. The van der Waals surface area contributed by atoms with Crippen LogP contribution in [0.3, 0.4) is 0 Å². The predicted molar refractivity (Wildman–Crippen MR) is 123 cm³/mol. The number of para-hydroxylation sites is 1. The van der Waals surface area contributed by atoms with Crippen molar-refractivity contribution in [2.75, 3.05) is 25.2 Å². The van der Waals surface area contributed by atoms with Crippen molar-refractivity contribution in [3.05, 3.63) is 77.7 Å². The highest BCUT2D eigenvalue weighted by atomic mass is 32.2. The fraction of sp³-hybridized carbons (Fsp3) is 0.217. The van der Waals surface area contributed by atoms with Gasteiger partial charge in [-0.2, -0.15) is 5.10 Å². The number of amides is 1. The summed E-state index contributed by atoms with van der Waals surface area (Å²) in [5.74, 6) is 0.844. The summed E-state index contributed by atoms with van der Waals surface area (Å²) < 4.78 is 41.7. The van der Waals surface area contributed by atoms with E-state index in [0.29, 0.717) is 29.3 Å². The van der Waals surface area contributed by atoms with Gasteiger partial charge in [0, 0.05) is 17.7 Å². The standard InChI is InChI=1S/C23H23N3O6S/c1-30-20-7-4-6-17(22(20)31-2)19-14-18(24-26(19)23(27)21-8-5-13-32-21)15-9-11-16(12-10-15)25-33(3,28)29/h4-13,19,25H,14H2,1-3H3. The molecule has 33 heavy (non-hydrogen) atoms. The molecule has 1 aliphatic rings. The Morgan fingerprint density at radius 2 is 1.85 bits per heavy atom. The quantitative estimate of drug-likeness (QED) is 0.565. The SMILES string of the molecule is COc1cccc(C2CC(c3ccc(NS(C)(=O)=O)cc3)=NN2C(=O)c2ccco2)c1OC. The van der Waals surface area contributed by atoms with Crippen molar-refractivity contribution in [3.8, 4) is 11.5 Å². The van der Waals surface area contributed by atoms with Gasteiger partial charge in [0.15, 0.2) is 17.3 Å². The van der Waals surface area contributed by atoms with E-state index in [1.54, 1.807) is 56.7 Å². The number of anilines is 1. The molecule has 1 amide bonds. The van der Waals surface area contributed by atoms with Crippen molar-refractivity contribution in [2.45, 2.75) is 12.5 Å². The number of ether oxygens (including phenoxy) is 2. The maximum atomic E-state index is 13.2. The Labute approximate surface area is 191 Å². The van der Waals surface area contributed by atoms with E-state index in [4.69, 9.17) is 13.9 Å². The molecule has 3 aromatic rings. The van der Waals surface area contributed by atoms with Crippen LogP contribution in [-0.2, 0) is 10.0 Å². The lowest BCUT2D eigenvalue weighted by atomic mass is 9.97. The minimum atomic E-state index is -3.38. The van der Waals surface area contributed by atoms with E-state index in [2.05, 4.69) is 9.82 Å². The summed E-state index contributed by atoms with van der Waals surface area (Å²) in [6.07, 6.45) is 2.93. The van der Waals surface area contributed by atoms with Gasteiger partial charge >= 0.3 is 5.91 Å². The topological polar surface area (TPSA) is 110 Å². The molecular formula is C23H23N3O6S. The molecule has 172 valence electrons. The van der Waals surface area contributed by atoms with Gasteiger partial charge in [-0.25, -0.2) is 13.4 Å². The molecule has 0 aliphatic carbocycles. The summed E-state index contributed by atoms with van der Waals surface area (Å²) in [7, 11) is -0.285. The van der Waals surface area contributed by atoms with Gasteiger partial charge in [-0.15, -0.1) is 0 Å². The van der Waals surface area contributed by atoms with Crippen LogP contribution in [0.15, 0.2) is 70.4 Å². The Kier molecular flexibility index (Phi) is 6.10. The molecule has 2 aromatic carbocycles. The number of hydrogen-bond acceptors (Lipinski definition) is 7. The molecule has 2 heterocycles. The third kappa shape index (κ3) is 4.70. The first-order chi connectivity index (χ1) is 15.8.